The second kappa shape index (κ2) is 7.47. The van der Waals surface area contributed by atoms with Gasteiger partial charge in [-0.05, 0) is 43.5 Å². The molecule has 1 fully saturated rings. The fraction of sp³-hybridized carbons (Fsp3) is 0.316. The quantitative estimate of drug-likeness (QED) is 0.752. The Labute approximate surface area is 153 Å². The molecule has 1 aliphatic rings. The lowest BCUT2D eigenvalue weighted by molar-refractivity contribution is 0.0337. The summed E-state index contributed by atoms with van der Waals surface area (Å²) >= 11 is 0. The van der Waals surface area contributed by atoms with E-state index in [0.717, 1.165) is 18.4 Å². The van der Waals surface area contributed by atoms with Crippen molar-refractivity contribution in [1.82, 2.24) is 4.72 Å². The van der Waals surface area contributed by atoms with Crippen LogP contribution in [0, 0.1) is 0 Å². The Morgan fingerprint density at radius 3 is 2.46 bits per heavy atom. The van der Waals surface area contributed by atoms with Gasteiger partial charge in [0, 0.05) is 6.04 Å². The predicted molar refractivity (Wildman–Crippen MR) is 96.6 cm³/mol. The number of esters is 1. The largest absolute Gasteiger partial charge is 0.495 e. The molecule has 1 atom stereocenters. The highest BCUT2D eigenvalue weighted by Gasteiger charge is 2.30. The van der Waals surface area contributed by atoms with Gasteiger partial charge >= 0.3 is 5.97 Å². The normalized spacial score (nSPS) is 15.3. The molecule has 0 amide bonds. The maximum absolute atomic E-state index is 12.5. The molecule has 1 aliphatic carbocycles. The minimum absolute atomic E-state index is 0.0431. The van der Waals surface area contributed by atoms with Gasteiger partial charge in [-0.2, -0.15) is 0 Å². The van der Waals surface area contributed by atoms with Gasteiger partial charge in [-0.25, -0.2) is 17.9 Å². The van der Waals surface area contributed by atoms with Gasteiger partial charge in [0.2, 0.25) is 10.0 Å². The molecular weight excluding hydrogens is 354 g/mol. The first-order chi connectivity index (χ1) is 12.4. The molecule has 0 unspecified atom stereocenters. The SMILES string of the molecule is COc1ccc(C(=O)O[C@H](C)c2ccccc2)cc1S(=O)(=O)NC1CC1. The van der Waals surface area contributed by atoms with Crippen LogP contribution in [0.1, 0.15) is 41.8 Å². The Hall–Kier alpha value is -2.38. The summed E-state index contributed by atoms with van der Waals surface area (Å²) in [6.07, 6.45) is 1.19. The zero-order chi connectivity index (χ0) is 18.7. The number of carbonyl (C=O) groups excluding carboxylic acids is 1. The molecule has 0 aliphatic heterocycles. The molecule has 6 nitrogen and oxygen atoms in total. The number of hydrogen-bond donors (Lipinski definition) is 1. The smallest absolute Gasteiger partial charge is 0.338 e. The van der Waals surface area contributed by atoms with E-state index in [9.17, 15) is 13.2 Å². The average molecular weight is 375 g/mol. The van der Waals surface area contributed by atoms with Gasteiger partial charge in [0.1, 0.15) is 16.7 Å². The van der Waals surface area contributed by atoms with Crippen LogP contribution in [0.5, 0.6) is 5.75 Å². The zero-order valence-electron chi connectivity index (χ0n) is 14.6. The van der Waals surface area contributed by atoms with Gasteiger partial charge in [-0.3, -0.25) is 0 Å². The highest BCUT2D eigenvalue weighted by Crippen LogP contribution is 2.29. The maximum Gasteiger partial charge on any atom is 0.338 e. The van der Waals surface area contributed by atoms with E-state index in [4.69, 9.17) is 9.47 Å². The van der Waals surface area contributed by atoms with E-state index in [2.05, 4.69) is 4.72 Å². The molecule has 26 heavy (non-hydrogen) atoms. The minimum atomic E-state index is -3.76. The molecule has 3 rings (SSSR count). The molecule has 0 spiro atoms. The van der Waals surface area contributed by atoms with Crippen molar-refractivity contribution >= 4 is 16.0 Å². The van der Waals surface area contributed by atoms with Gasteiger partial charge < -0.3 is 9.47 Å². The van der Waals surface area contributed by atoms with E-state index in [0.29, 0.717) is 0 Å². The number of carbonyl (C=O) groups is 1. The topological polar surface area (TPSA) is 81.7 Å². The Morgan fingerprint density at radius 1 is 1.15 bits per heavy atom. The molecule has 0 radical (unpaired) electrons. The Balaban J connectivity index is 1.83. The van der Waals surface area contributed by atoms with E-state index < -0.39 is 22.1 Å². The van der Waals surface area contributed by atoms with Crippen LogP contribution >= 0.6 is 0 Å². The van der Waals surface area contributed by atoms with E-state index in [1.807, 2.05) is 30.3 Å². The van der Waals surface area contributed by atoms with Gasteiger partial charge in [0.05, 0.1) is 12.7 Å². The van der Waals surface area contributed by atoms with Crippen LogP contribution in [0.3, 0.4) is 0 Å². The van der Waals surface area contributed by atoms with Crippen LogP contribution < -0.4 is 9.46 Å². The summed E-state index contributed by atoms with van der Waals surface area (Å²) < 4.78 is 38.3. The summed E-state index contributed by atoms with van der Waals surface area (Å²) in [6.45, 7) is 1.77. The van der Waals surface area contributed by atoms with E-state index >= 15 is 0 Å². The van der Waals surface area contributed by atoms with Gasteiger partial charge in [-0.15, -0.1) is 0 Å². The minimum Gasteiger partial charge on any atom is -0.495 e. The Kier molecular flexibility index (Phi) is 5.29. The van der Waals surface area contributed by atoms with Crippen LogP contribution in [0.2, 0.25) is 0 Å². The van der Waals surface area contributed by atoms with Crippen molar-refractivity contribution in [3.63, 3.8) is 0 Å². The molecule has 0 aromatic heterocycles. The Bertz CT molecular complexity index is 891. The third-order valence-corrected chi connectivity index (χ3v) is 5.68. The number of ether oxygens (including phenoxy) is 2. The average Bonchev–Trinajstić information content (AvgIpc) is 3.45. The van der Waals surface area contributed by atoms with Crippen molar-refractivity contribution in [2.24, 2.45) is 0 Å². The molecule has 138 valence electrons. The number of rotatable bonds is 7. The highest BCUT2D eigenvalue weighted by molar-refractivity contribution is 7.89. The molecular formula is C19H21NO5S. The maximum atomic E-state index is 12.5. The number of sulfonamides is 1. The third kappa shape index (κ3) is 4.23. The highest BCUT2D eigenvalue weighted by atomic mass is 32.2. The molecule has 7 heteroatoms. The third-order valence-electron chi connectivity index (χ3n) is 4.14. The van der Waals surface area contributed by atoms with Crippen molar-refractivity contribution in [3.05, 3.63) is 59.7 Å². The molecule has 2 aromatic carbocycles. The predicted octanol–water partition coefficient (Wildman–Crippen LogP) is 3.05. The number of hydrogen-bond acceptors (Lipinski definition) is 5. The van der Waals surface area contributed by atoms with Gasteiger partial charge in [0.25, 0.3) is 0 Å². The molecule has 0 saturated heterocycles. The first-order valence-corrected chi connectivity index (χ1v) is 9.85. The van der Waals surface area contributed by atoms with Crippen LogP contribution in [-0.4, -0.2) is 27.5 Å². The first-order valence-electron chi connectivity index (χ1n) is 8.37. The summed E-state index contributed by atoms with van der Waals surface area (Å²) in [5, 5.41) is 0. The lowest BCUT2D eigenvalue weighted by Gasteiger charge is -2.15. The van der Waals surface area contributed by atoms with Crippen molar-refractivity contribution in [2.45, 2.75) is 36.8 Å². The summed E-state index contributed by atoms with van der Waals surface area (Å²) in [6, 6.07) is 13.5. The standard InChI is InChI=1S/C19H21NO5S/c1-13(14-6-4-3-5-7-14)25-19(21)15-8-11-17(24-2)18(12-15)26(22,23)20-16-9-10-16/h3-8,11-13,16,20H,9-10H2,1-2H3/t13-/m1/s1. The van der Waals surface area contributed by atoms with Crippen molar-refractivity contribution in [3.8, 4) is 5.75 Å². The number of benzene rings is 2. The molecule has 0 heterocycles. The van der Waals surface area contributed by atoms with Gasteiger partial charge in [-0.1, -0.05) is 30.3 Å². The van der Waals surface area contributed by atoms with Crippen molar-refractivity contribution in [1.29, 1.82) is 0 Å². The van der Waals surface area contributed by atoms with Crippen LogP contribution in [-0.2, 0) is 14.8 Å². The number of nitrogens with one attached hydrogen (secondary N) is 1. The lowest BCUT2D eigenvalue weighted by Crippen LogP contribution is -2.26. The van der Waals surface area contributed by atoms with Gasteiger partial charge in [0.15, 0.2) is 0 Å². The fourth-order valence-electron chi connectivity index (χ4n) is 2.52. The summed E-state index contributed by atoms with van der Waals surface area (Å²) in [4.78, 5) is 12.4. The fourth-order valence-corrected chi connectivity index (χ4v) is 4.02. The van der Waals surface area contributed by atoms with Crippen molar-refractivity contribution < 1.29 is 22.7 Å². The van der Waals surface area contributed by atoms with E-state index in [1.54, 1.807) is 6.92 Å². The number of methoxy groups -OCH3 is 1. The second-order valence-corrected chi connectivity index (χ2v) is 7.90. The lowest BCUT2D eigenvalue weighted by atomic mass is 10.1. The van der Waals surface area contributed by atoms with E-state index in [1.165, 1.54) is 25.3 Å². The van der Waals surface area contributed by atoms with Crippen LogP contribution in [0.25, 0.3) is 0 Å². The summed E-state index contributed by atoms with van der Waals surface area (Å²) in [5.41, 5.74) is 1.02. The van der Waals surface area contributed by atoms with Crippen LogP contribution in [0.15, 0.2) is 53.4 Å². The zero-order valence-corrected chi connectivity index (χ0v) is 15.5. The van der Waals surface area contributed by atoms with Crippen molar-refractivity contribution in [2.75, 3.05) is 7.11 Å². The van der Waals surface area contributed by atoms with E-state index in [-0.39, 0.29) is 22.3 Å². The monoisotopic (exact) mass is 375 g/mol. The molecule has 2 aromatic rings. The van der Waals surface area contributed by atoms with Crippen LogP contribution in [0.4, 0.5) is 0 Å². The summed E-state index contributed by atoms with van der Waals surface area (Å²) in [5.74, 6) is -0.405. The first kappa shape index (κ1) is 18.4. The summed E-state index contributed by atoms with van der Waals surface area (Å²) in [7, 11) is -2.37. The molecule has 1 saturated carbocycles. The Morgan fingerprint density at radius 2 is 1.85 bits per heavy atom. The molecule has 0 bridgehead atoms. The molecule has 1 N–H and O–H groups in total. The second-order valence-electron chi connectivity index (χ2n) is 6.22.